The van der Waals surface area contributed by atoms with Gasteiger partial charge in [-0.05, 0) is 45.1 Å². The lowest BCUT2D eigenvalue weighted by Gasteiger charge is -2.10. The number of rotatable bonds is 8. The molecule has 0 saturated heterocycles. The molecule has 0 spiro atoms. The predicted octanol–water partition coefficient (Wildman–Crippen LogP) is 1.82. The van der Waals surface area contributed by atoms with E-state index in [-0.39, 0.29) is 0 Å². The summed E-state index contributed by atoms with van der Waals surface area (Å²) in [4.78, 5) is 0. The van der Waals surface area contributed by atoms with Crippen molar-refractivity contribution in [3.8, 4) is 0 Å². The molecule has 1 rings (SSSR count). The van der Waals surface area contributed by atoms with E-state index in [9.17, 15) is 0 Å². The van der Waals surface area contributed by atoms with Crippen LogP contribution in [0.1, 0.15) is 32.1 Å². The third-order valence-electron chi connectivity index (χ3n) is 3.28. The molecule has 1 aliphatic carbocycles. The number of hydrogen-bond acceptors (Lipinski definition) is 3. The van der Waals surface area contributed by atoms with Crippen molar-refractivity contribution in [1.82, 2.24) is 5.32 Å². The zero-order valence-corrected chi connectivity index (χ0v) is 10.1. The molecular formula is C12H25NO2. The van der Waals surface area contributed by atoms with Crippen molar-refractivity contribution in [2.24, 2.45) is 5.92 Å². The molecule has 0 heterocycles. The summed E-state index contributed by atoms with van der Waals surface area (Å²) < 4.78 is 10.4. The summed E-state index contributed by atoms with van der Waals surface area (Å²) in [5.74, 6) is 0.925. The monoisotopic (exact) mass is 215 g/mol. The highest BCUT2D eigenvalue weighted by Crippen LogP contribution is 2.28. The topological polar surface area (TPSA) is 30.5 Å². The first kappa shape index (κ1) is 12.9. The van der Waals surface area contributed by atoms with Crippen molar-refractivity contribution >= 4 is 0 Å². The highest BCUT2D eigenvalue weighted by atomic mass is 16.5. The van der Waals surface area contributed by atoms with Gasteiger partial charge in [-0.15, -0.1) is 0 Å². The highest BCUT2D eigenvalue weighted by molar-refractivity contribution is 4.79. The van der Waals surface area contributed by atoms with E-state index in [0.717, 1.165) is 25.2 Å². The largest absolute Gasteiger partial charge is 0.382 e. The molecule has 0 bridgehead atoms. The Morgan fingerprint density at radius 1 is 1.20 bits per heavy atom. The van der Waals surface area contributed by atoms with Crippen LogP contribution >= 0.6 is 0 Å². The van der Waals surface area contributed by atoms with Gasteiger partial charge in [-0.1, -0.05) is 0 Å². The lowest BCUT2D eigenvalue weighted by atomic mass is 10.0. The summed E-state index contributed by atoms with van der Waals surface area (Å²) >= 11 is 0. The molecule has 2 unspecified atom stereocenters. The Hall–Kier alpha value is -0.120. The van der Waals surface area contributed by atoms with E-state index in [2.05, 4.69) is 12.4 Å². The Labute approximate surface area is 93.5 Å². The van der Waals surface area contributed by atoms with Gasteiger partial charge in [-0.25, -0.2) is 0 Å². The van der Waals surface area contributed by atoms with E-state index in [4.69, 9.17) is 9.47 Å². The molecule has 15 heavy (non-hydrogen) atoms. The second-order valence-corrected chi connectivity index (χ2v) is 4.41. The zero-order chi connectivity index (χ0) is 10.9. The van der Waals surface area contributed by atoms with Crippen LogP contribution < -0.4 is 5.32 Å². The van der Waals surface area contributed by atoms with Crippen molar-refractivity contribution in [3.63, 3.8) is 0 Å². The summed E-state index contributed by atoms with van der Waals surface area (Å²) in [5.41, 5.74) is 0. The van der Waals surface area contributed by atoms with Gasteiger partial charge >= 0.3 is 0 Å². The fraction of sp³-hybridized carbons (Fsp3) is 1.00. The number of hydrogen-bond donors (Lipinski definition) is 1. The van der Waals surface area contributed by atoms with Gasteiger partial charge in [0.2, 0.25) is 0 Å². The quantitative estimate of drug-likeness (QED) is 0.626. The van der Waals surface area contributed by atoms with Crippen LogP contribution in [0.3, 0.4) is 0 Å². The minimum atomic E-state index is 0.714. The summed E-state index contributed by atoms with van der Waals surface area (Å²) in [6, 6.07) is 0.768. The molecule has 3 nitrogen and oxygen atoms in total. The normalized spacial score (nSPS) is 26.0. The van der Waals surface area contributed by atoms with E-state index in [1.165, 1.54) is 32.1 Å². The molecule has 0 aromatic heterocycles. The van der Waals surface area contributed by atoms with Crippen LogP contribution in [-0.4, -0.2) is 40.0 Å². The molecule has 0 aliphatic heterocycles. The fourth-order valence-corrected chi connectivity index (χ4v) is 2.32. The molecule has 3 heteroatoms. The standard InChI is InChI=1S/C12H25NO2/c1-13-12-6-5-11(10-12)4-3-7-15-9-8-14-2/h11-13H,3-10H2,1-2H3. The van der Waals surface area contributed by atoms with Gasteiger partial charge in [-0.2, -0.15) is 0 Å². The van der Waals surface area contributed by atoms with Crippen molar-refractivity contribution < 1.29 is 9.47 Å². The lowest BCUT2D eigenvalue weighted by Crippen LogP contribution is -2.21. The van der Waals surface area contributed by atoms with E-state index in [1.807, 2.05) is 0 Å². The maximum Gasteiger partial charge on any atom is 0.0700 e. The van der Waals surface area contributed by atoms with Crippen molar-refractivity contribution in [1.29, 1.82) is 0 Å². The molecular weight excluding hydrogens is 190 g/mol. The highest BCUT2D eigenvalue weighted by Gasteiger charge is 2.22. The number of ether oxygens (including phenoxy) is 2. The van der Waals surface area contributed by atoms with Crippen LogP contribution in [0.25, 0.3) is 0 Å². The Kier molecular flexibility index (Phi) is 6.98. The molecule has 2 atom stereocenters. The molecule has 0 aromatic carbocycles. The average molecular weight is 215 g/mol. The van der Waals surface area contributed by atoms with Gasteiger partial charge in [0.25, 0.3) is 0 Å². The fourth-order valence-electron chi connectivity index (χ4n) is 2.32. The first-order valence-electron chi connectivity index (χ1n) is 6.10. The first-order chi connectivity index (χ1) is 7.36. The second-order valence-electron chi connectivity index (χ2n) is 4.41. The van der Waals surface area contributed by atoms with Crippen molar-refractivity contribution in [2.45, 2.75) is 38.1 Å². The molecule has 1 aliphatic rings. The zero-order valence-electron chi connectivity index (χ0n) is 10.1. The number of methoxy groups -OCH3 is 1. The summed E-state index contributed by atoms with van der Waals surface area (Å²) in [5, 5.41) is 3.36. The van der Waals surface area contributed by atoms with Gasteiger partial charge < -0.3 is 14.8 Å². The third-order valence-corrected chi connectivity index (χ3v) is 3.28. The van der Waals surface area contributed by atoms with Gasteiger partial charge in [0.15, 0.2) is 0 Å². The van der Waals surface area contributed by atoms with Crippen molar-refractivity contribution in [3.05, 3.63) is 0 Å². The predicted molar refractivity (Wildman–Crippen MR) is 62.1 cm³/mol. The summed E-state index contributed by atoms with van der Waals surface area (Å²) in [6.07, 6.45) is 6.62. The van der Waals surface area contributed by atoms with Crippen molar-refractivity contribution in [2.75, 3.05) is 34.0 Å². The average Bonchev–Trinajstić information content (AvgIpc) is 2.71. The van der Waals surface area contributed by atoms with Crippen LogP contribution in [0, 0.1) is 5.92 Å². The molecule has 90 valence electrons. The maximum absolute atomic E-state index is 5.45. The van der Waals surface area contributed by atoms with Crippen LogP contribution in [0.15, 0.2) is 0 Å². The van der Waals surface area contributed by atoms with Crippen LogP contribution in [0.5, 0.6) is 0 Å². The molecule has 0 amide bonds. The smallest absolute Gasteiger partial charge is 0.0700 e. The molecule has 1 fully saturated rings. The molecule has 1 saturated carbocycles. The van der Waals surface area contributed by atoms with Crippen LogP contribution in [0.2, 0.25) is 0 Å². The van der Waals surface area contributed by atoms with E-state index >= 15 is 0 Å². The summed E-state index contributed by atoms with van der Waals surface area (Å²) in [7, 11) is 3.78. The Morgan fingerprint density at radius 3 is 2.73 bits per heavy atom. The molecule has 0 aromatic rings. The van der Waals surface area contributed by atoms with E-state index in [1.54, 1.807) is 7.11 Å². The lowest BCUT2D eigenvalue weighted by molar-refractivity contribution is 0.0672. The molecule has 1 N–H and O–H groups in total. The Morgan fingerprint density at radius 2 is 2.07 bits per heavy atom. The van der Waals surface area contributed by atoms with Crippen LogP contribution in [-0.2, 0) is 9.47 Å². The van der Waals surface area contributed by atoms with E-state index in [0.29, 0.717) is 6.61 Å². The first-order valence-corrected chi connectivity index (χ1v) is 6.10. The van der Waals surface area contributed by atoms with Gasteiger partial charge in [0.05, 0.1) is 13.2 Å². The minimum Gasteiger partial charge on any atom is -0.382 e. The Bertz CT molecular complexity index is 153. The van der Waals surface area contributed by atoms with Crippen LogP contribution in [0.4, 0.5) is 0 Å². The second kappa shape index (κ2) is 8.08. The minimum absolute atomic E-state index is 0.714. The SMILES string of the molecule is CNC1CCC(CCCOCCOC)C1. The van der Waals surface area contributed by atoms with Gasteiger partial charge in [0, 0.05) is 19.8 Å². The van der Waals surface area contributed by atoms with Gasteiger partial charge in [0.1, 0.15) is 0 Å². The maximum atomic E-state index is 5.45. The molecule has 0 radical (unpaired) electrons. The summed E-state index contributed by atoms with van der Waals surface area (Å²) in [6.45, 7) is 2.34. The van der Waals surface area contributed by atoms with Gasteiger partial charge in [-0.3, -0.25) is 0 Å². The number of nitrogens with one attached hydrogen (secondary N) is 1. The third kappa shape index (κ3) is 5.50. The van der Waals surface area contributed by atoms with E-state index < -0.39 is 0 Å². The Balaban J connectivity index is 1.88.